The molecule has 0 saturated heterocycles. The van der Waals surface area contributed by atoms with Crippen molar-refractivity contribution in [3.05, 3.63) is 0 Å². The summed E-state index contributed by atoms with van der Waals surface area (Å²) in [6.45, 7) is 0.308. The van der Waals surface area contributed by atoms with Crippen LogP contribution in [0.15, 0.2) is 0 Å². The van der Waals surface area contributed by atoms with Crippen molar-refractivity contribution in [3.8, 4) is 0 Å². The smallest absolute Gasteiger partial charge is 0.450 e. The van der Waals surface area contributed by atoms with E-state index < -0.39 is 6.16 Å². The number of thioether (sulfide) groups is 3. The standard InChI is InChI=1S/C9H18O3S3/c1-13-9(14-2,15-3)6-4-5-7-12-8(10)11/h4-7H2,1-3H3,(H,10,11). The third-order valence-corrected chi connectivity index (χ3v) is 7.51. The molecule has 90 valence electrons. The first-order chi connectivity index (χ1) is 7.10. The van der Waals surface area contributed by atoms with Crippen LogP contribution >= 0.6 is 35.3 Å². The number of carboxylic acid groups (broad SMARTS) is 1. The molecular formula is C9H18O3S3. The molecule has 0 unspecified atom stereocenters. The first kappa shape index (κ1) is 15.3. The molecule has 6 heteroatoms. The van der Waals surface area contributed by atoms with Crippen LogP contribution in [-0.4, -0.2) is 40.0 Å². The van der Waals surface area contributed by atoms with Gasteiger partial charge in [-0.25, -0.2) is 4.79 Å². The van der Waals surface area contributed by atoms with E-state index in [0.717, 1.165) is 19.3 Å². The maximum Gasteiger partial charge on any atom is 0.505 e. The number of rotatable bonds is 8. The highest BCUT2D eigenvalue weighted by Crippen LogP contribution is 2.46. The minimum Gasteiger partial charge on any atom is -0.450 e. The molecule has 15 heavy (non-hydrogen) atoms. The highest BCUT2D eigenvalue weighted by molar-refractivity contribution is 8.33. The van der Waals surface area contributed by atoms with Crippen LogP contribution in [0, 0.1) is 0 Å². The van der Waals surface area contributed by atoms with Gasteiger partial charge in [0, 0.05) is 0 Å². The van der Waals surface area contributed by atoms with E-state index in [1.54, 1.807) is 0 Å². The molecule has 1 N–H and O–H groups in total. The van der Waals surface area contributed by atoms with Gasteiger partial charge in [-0.3, -0.25) is 0 Å². The van der Waals surface area contributed by atoms with E-state index in [9.17, 15) is 4.79 Å². The first-order valence-corrected chi connectivity index (χ1v) is 8.29. The zero-order valence-corrected chi connectivity index (χ0v) is 11.8. The van der Waals surface area contributed by atoms with Crippen LogP contribution in [0.2, 0.25) is 0 Å². The SMILES string of the molecule is CSC(CCCCOC(=O)O)(SC)SC. The zero-order valence-electron chi connectivity index (χ0n) is 9.32. The van der Waals surface area contributed by atoms with E-state index in [0.29, 0.717) is 6.61 Å². The van der Waals surface area contributed by atoms with Crippen molar-refractivity contribution >= 4 is 41.4 Å². The fraction of sp³-hybridized carbons (Fsp3) is 0.889. The molecule has 0 heterocycles. The van der Waals surface area contributed by atoms with Crippen LogP contribution in [0.4, 0.5) is 4.79 Å². The lowest BCUT2D eigenvalue weighted by Crippen LogP contribution is -2.14. The van der Waals surface area contributed by atoms with Crippen LogP contribution < -0.4 is 0 Å². The number of unbranched alkanes of at least 4 members (excludes halogenated alkanes) is 1. The van der Waals surface area contributed by atoms with E-state index in [-0.39, 0.29) is 3.41 Å². The van der Waals surface area contributed by atoms with Crippen molar-refractivity contribution in [1.29, 1.82) is 0 Å². The second-order valence-electron chi connectivity index (χ2n) is 2.87. The van der Waals surface area contributed by atoms with Gasteiger partial charge in [0.05, 0.1) is 6.61 Å². The van der Waals surface area contributed by atoms with Crippen LogP contribution in [0.3, 0.4) is 0 Å². The van der Waals surface area contributed by atoms with Gasteiger partial charge in [-0.1, -0.05) is 0 Å². The van der Waals surface area contributed by atoms with E-state index in [2.05, 4.69) is 23.5 Å². The molecule has 0 radical (unpaired) electrons. The average molecular weight is 270 g/mol. The Labute approximate surface area is 104 Å². The van der Waals surface area contributed by atoms with Crippen molar-refractivity contribution in [2.75, 3.05) is 25.4 Å². The van der Waals surface area contributed by atoms with Gasteiger partial charge >= 0.3 is 6.16 Å². The van der Waals surface area contributed by atoms with Gasteiger partial charge in [0.1, 0.15) is 3.41 Å². The lowest BCUT2D eigenvalue weighted by molar-refractivity contribution is 0.0900. The Morgan fingerprint density at radius 3 is 2.13 bits per heavy atom. The predicted molar refractivity (Wildman–Crippen MR) is 71.1 cm³/mol. The van der Waals surface area contributed by atoms with Gasteiger partial charge in [-0.15, -0.1) is 35.3 Å². The molecule has 0 aromatic rings. The van der Waals surface area contributed by atoms with Gasteiger partial charge < -0.3 is 9.84 Å². The van der Waals surface area contributed by atoms with Gasteiger partial charge in [0.25, 0.3) is 0 Å². The molecule has 0 spiro atoms. The summed E-state index contributed by atoms with van der Waals surface area (Å²) >= 11 is 5.55. The zero-order chi connectivity index (χ0) is 11.7. The molecule has 0 bridgehead atoms. The summed E-state index contributed by atoms with van der Waals surface area (Å²) in [7, 11) is 0. The Bertz CT molecular complexity index is 175. The summed E-state index contributed by atoms with van der Waals surface area (Å²) < 4.78 is 4.67. The molecule has 0 aliphatic heterocycles. The van der Waals surface area contributed by atoms with Crippen LogP contribution in [0.25, 0.3) is 0 Å². The molecule has 0 aliphatic carbocycles. The molecule has 0 amide bonds. The normalized spacial score (nSPS) is 11.4. The van der Waals surface area contributed by atoms with Crippen molar-refractivity contribution in [3.63, 3.8) is 0 Å². The fourth-order valence-corrected chi connectivity index (χ4v) is 4.20. The number of ether oxygens (including phenoxy) is 1. The summed E-state index contributed by atoms with van der Waals surface area (Å²) in [5, 5.41) is 8.28. The van der Waals surface area contributed by atoms with Gasteiger partial charge in [0.2, 0.25) is 0 Å². The molecule has 0 aliphatic rings. The lowest BCUT2D eigenvalue weighted by atomic mass is 10.2. The Kier molecular flexibility index (Phi) is 8.65. The van der Waals surface area contributed by atoms with Crippen molar-refractivity contribution in [1.82, 2.24) is 0 Å². The summed E-state index contributed by atoms with van der Waals surface area (Å²) in [6.07, 6.45) is 8.02. The highest BCUT2D eigenvalue weighted by Gasteiger charge is 2.25. The van der Waals surface area contributed by atoms with Crippen LogP contribution in [0.1, 0.15) is 19.3 Å². The molecule has 0 saturated carbocycles. The summed E-state index contributed by atoms with van der Waals surface area (Å²) in [4.78, 5) is 10.1. The van der Waals surface area contributed by atoms with Gasteiger partial charge in [-0.05, 0) is 38.0 Å². The Balaban J connectivity index is 3.67. The summed E-state index contributed by atoms with van der Waals surface area (Å²) in [6, 6.07) is 0. The predicted octanol–water partition coefficient (Wildman–Crippen LogP) is 3.59. The molecular weight excluding hydrogens is 252 g/mol. The molecule has 0 atom stereocenters. The Hall–Kier alpha value is 0.320. The molecule has 0 rings (SSSR count). The van der Waals surface area contributed by atoms with Gasteiger partial charge in [0.15, 0.2) is 0 Å². The fourth-order valence-electron chi connectivity index (χ4n) is 1.16. The number of hydrogen-bond donors (Lipinski definition) is 1. The average Bonchev–Trinajstić information content (AvgIpc) is 2.24. The van der Waals surface area contributed by atoms with Crippen LogP contribution in [0.5, 0.6) is 0 Å². The molecule has 0 aromatic carbocycles. The van der Waals surface area contributed by atoms with E-state index >= 15 is 0 Å². The third kappa shape index (κ3) is 6.48. The van der Waals surface area contributed by atoms with Crippen molar-refractivity contribution < 1.29 is 14.6 Å². The molecule has 0 aromatic heterocycles. The van der Waals surface area contributed by atoms with E-state index in [1.165, 1.54) is 0 Å². The van der Waals surface area contributed by atoms with E-state index in [1.807, 2.05) is 35.3 Å². The van der Waals surface area contributed by atoms with Crippen molar-refractivity contribution in [2.45, 2.75) is 22.7 Å². The lowest BCUT2D eigenvalue weighted by Gasteiger charge is -2.27. The molecule has 0 fully saturated rings. The number of carbonyl (C=O) groups is 1. The maximum atomic E-state index is 10.1. The third-order valence-electron chi connectivity index (χ3n) is 2.04. The minimum absolute atomic E-state index is 0.212. The highest BCUT2D eigenvalue weighted by atomic mass is 32.3. The monoisotopic (exact) mass is 270 g/mol. The quantitative estimate of drug-likeness (QED) is 0.413. The van der Waals surface area contributed by atoms with Gasteiger partial charge in [-0.2, -0.15) is 0 Å². The topological polar surface area (TPSA) is 46.5 Å². The second-order valence-corrected chi connectivity index (χ2v) is 6.96. The first-order valence-electron chi connectivity index (χ1n) is 4.61. The van der Waals surface area contributed by atoms with Crippen LogP contribution in [-0.2, 0) is 4.74 Å². The minimum atomic E-state index is -1.18. The Morgan fingerprint density at radius 2 is 1.73 bits per heavy atom. The maximum absolute atomic E-state index is 10.1. The van der Waals surface area contributed by atoms with Crippen molar-refractivity contribution in [2.24, 2.45) is 0 Å². The Morgan fingerprint density at radius 1 is 1.20 bits per heavy atom. The summed E-state index contributed by atoms with van der Waals surface area (Å²) in [5.74, 6) is 0. The largest absolute Gasteiger partial charge is 0.505 e. The molecule has 3 nitrogen and oxygen atoms in total. The van der Waals surface area contributed by atoms with E-state index in [4.69, 9.17) is 5.11 Å². The number of hydrogen-bond acceptors (Lipinski definition) is 5. The second kappa shape index (κ2) is 8.47. The summed E-state index contributed by atoms with van der Waals surface area (Å²) in [5.41, 5.74) is 0.